The van der Waals surface area contributed by atoms with Crippen molar-refractivity contribution in [2.45, 2.75) is 11.8 Å². The van der Waals surface area contributed by atoms with Crippen LogP contribution in [0.4, 0.5) is 10.8 Å². The van der Waals surface area contributed by atoms with E-state index in [0.29, 0.717) is 10.8 Å². The van der Waals surface area contributed by atoms with E-state index in [-0.39, 0.29) is 4.90 Å². The van der Waals surface area contributed by atoms with E-state index in [2.05, 4.69) is 14.7 Å². The van der Waals surface area contributed by atoms with Gasteiger partial charge in [0.25, 0.3) is 10.0 Å². The Bertz CT molecular complexity index is 898. The summed E-state index contributed by atoms with van der Waals surface area (Å²) in [5.41, 5.74) is 1.61. The Balaban J connectivity index is 1.80. The highest BCUT2D eigenvalue weighted by Gasteiger charge is 2.15. The lowest BCUT2D eigenvalue weighted by Crippen LogP contribution is -2.12. The van der Waals surface area contributed by atoms with Crippen LogP contribution in [0.5, 0.6) is 0 Å². The topological polar surface area (TPSA) is 71.4 Å². The van der Waals surface area contributed by atoms with Crippen molar-refractivity contribution in [2.24, 2.45) is 4.99 Å². The van der Waals surface area contributed by atoms with Gasteiger partial charge in [-0.25, -0.2) is 13.4 Å². The Morgan fingerprint density at radius 2 is 1.91 bits per heavy atom. The standard InChI is InChI=1S/C15H13N3O2S3/c1-11(14-3-2-9-21-14)17-12-4-6-13(7-5-12)23(19,20)18-15-16-8-10-22-15/h2-10H,1H3,(H,16,18). The maximum atomic E-state index is 12.2. The van der Waals surface area contributed by atoms with Gasteiger partial charge in [0.15, 0.2) is 5.13 Å². The molecular formula is C15H13N3O2S3. The summed E-state index contributed by atoms with van der Waals surface area (Å²) in [4.78, 5) is 9.69. The van der Waals surface area contributed by atoms with Crippen molar-refractivity contribution >= 4 is 49.2 Å². The molecule has 0 aliphatic rings. The van der Waals surface area contributed by atoms with Gasteiger partial charge in [0.05, 0.1) is 16.3 Å². The van der Waals surface area contributed by atoms with E-state index >= 15 is 0 Å². The summed E-state index contributed by atoms with van der Waals surface area (Å²) in [5.74, 6) is 0. The molecule has 5 nitrogen and oxygen atoms in total. The Kier molecular flexibility index (Phi) is 4.56. The predicted octanol–water partition coefficient (Wildman–Crippen LogP) is 4.15. The molecule has 2 aromatic heterocycles. The number of benzene rings is 1. The number of thiazole rings is 1. The van der Waals surface area contributed by atoms with Crippen molar-refractivity contribution in [3.05, 3.63) is 58.2 Å². The predicted molar refractivity (Wildman–Crippen MR) is 95.6 cm³/mol. The molecule has 1 aromatic carbocycles. The van der Waals surface area contributed by atoms with E-state index in [4.69, 9.17) is 0 Å². The van der Waals surface area contributed by atoms with Gasteiger partial charge < -0.3 is 0 Å². The van der Waals surface area contributed by atoms with Crippen LogP contribution in [0, 0.1) is 0 Å². The molecule has 1 N–H and O–H groups in total. The number of nitrogens with zero attached hydrogens (tertiary/aromatic N) is 2. The summed E-state index contributed by atoms with van der Waals surface area (Å²) in [6, 6.07) is 10.4. The first-order chi connectivity index (χ1) is 11.0. The summed E-state index contributed by atoms with van der Waals surface area (Å²) in [5, 5.41) is 4.05. The van der Waals surface area contributed by atoms with Gasteiger partial charge in [-0.15, -0.1) is 22.7 Å². The quantitative estimate of drug-likeness (QED) is 0.692. The average molecular weight is 363 g/mol. The second-order valence-electron chi connectivity index (χ2n) is 4.61. The highest BCUT2D eigenvalue weighted by atomic mass is 32.2. The molecule has 0 spiro atoms. The van der Waals surface area contributed by atoms with Gasteiger partial charge in [0, 0.05) is 16.5 Å². The summed E-state index contributed by atoms with van der Waals surface area (Å²) in [6.45, 7) is 1.93. The first-order valence-electron chi connectivity index (χ1n) is 6.66. The fraction of sp³-hybridized carbons (Fsp3) is 0.0667. The van der Waals surface area contributed by atoms with Crippen LogP contribution in [0.25, 0.3) is 0 Å². The summed E-state index contributed by atoms with van der Waals surface area (Å²) >= 11 is 2.85. The minimum Gasteiger partial charge on any atom is -0.255 e. The Hall–Kier alpha value is -2.03. The highest BCUT2D eigenvalue weighted by molar-refractivity contribution is 7.93. The summed E-state index contributed by atoms with van der Waals surface area (Å²) in [7, 11) is -3.62. The molecule has 118 valence electrons. The van der Waals surface area contributed by atoms with E-state index in [1.807, 2.05) is 24.4 Å². The zero-order valence-corrected chi connectivity index (χ0v) is 14.6. The Labute approximate surface area is 142 Å². The van der Waals surface area contributed by atoms with Gasteiger partial charge >= 0.3 is 0 Å². The SMILES string of the molecule is CC(=Nc1ccc(S(=O)(=O)Nc2nccs2)cc1)c1cccs1. The van der Waals surface area contributed by atoms with Crippen LogP contribution in [0.15, 0.2) is 63.2 Å². The lowest BCUT2D eigenvalue weighted by molar-refractivity contribution is 0.601. The first kappa shape index (κ1) is 15.9. The van der Waals surface area contributed by atoms with E-state index in [1.165, 1.54) is 23.5 Å². The van der Waals surface area contributed by atoms with Crippen LogP contribution in [-0.2, 0) is 10.0 Å². The van der Waals surface area contributed by atoms with Crippen LogP contribution in [0.3, 0.4) is 0 Å². The van der Waals surface area contributed by atoms with E-state index in [0.717, 1.165) is 10.6 Å². The van der Waals surface area contributed by atoms with Gasteiger partial charge in [0.1, 0.15) is 0 Å². The second-order valence-corrected chi connectivity index (χ2v) is 8.14. The average Bonchev–Trinajstić information content (AvgIpc) is 3.20. The minimum absolute atomic E-state index is 0.181. The van der Waals surface area contributed by atoms with Crippen molar-refractivity contribution in [3.63, 3.8) is 0 Å². The van der Waals surface area contributed by atoms with E-state index in [9.17, 15) is 8.42 Å². The molecular weight excluding hydrogens is 350 g/mol. The molecule has 0 bridgehead atoms. The maximum absolute atomic E-state index is 12.2. The van der Waals surface area contributed by atoms with Crippen LogP contribution < -0.4 is 4.72 Å². The smallest absolute Gasteiger partial charge is 0.255 e. The van der Waals surface area contributed by atoms with Gasteiger partial charge in [-0.05, 0) is 42.6 Å². The Morgan fingerprint density at radius 3 is 2.52 bits per heavy atom. The number of anilines is 1. The molecule has 2 heterocycles. The van der Waals surface area contributed by atoms with Crippen molar-refractivity contribution in [2.75, 3.05) is 4.72 Å². The number of nitrogens with one attached hydrogen (secondary N) is 1. The molecule has 0 saturated heterocycles. The molecule has 0 aliphatic carbocycles. The van der Waals surface area contributed by atoms with Gasteiger partial charge in [-0.1, -0.05) is 6.07 Å². The second kappa shape index (κ2) is 6.61. The van der Waals surface area contributed by atoms with Gasteiger partial charge in [0.2, 0.25) is 0 Å². The molecule has 0 atom stereocenters. The fourth-order valence-electron chi connectivity index (χ4n) is 1.88. The van der Waals surface area contributed by atoms with E-state index < -0.39 is 10.0 Å². The largest absolute Gasteiger partial charge is 0.263 e. The van der Waals surface area contributed by atoms with Crippen molar-refractivity contribution < 1.29 is 8.42 Å². The molecule has 3 rings (SSSR count). The van der Waals surface area contributed by atoms with Crippen LogP contribution in [0.2, 0.25) is 0 Å². The molecule has 0 radical (unpaired) electrons. The van der Waals surface area contributed by atoms with E-state index in [1.54, 1.807) is 35.0 Å². The molecule has 8 heteroatoms. The molecule has 0 fully saturated rings. The van der Waals surface area contributed by atoms with Crippen LogP contribution >= 0.6 is 22.7 Å². The maximum Gasteiger partial charge on any atom is 0.263 e. The molecule has 0 amide bonds. The molecule has 3 aromatic rings. The normalized spacial score (nSPS) is 12.3. The zero-order chi connectivity index (χ0) is 16.3. The van der Waals surface area contributed by atoms with Gasteiger partial charge in [-0.2, -0.15) is 0 Å². The number of aromatic nitrogens is 1. The zero-order valence-electron chi connectivity index (χ0n) is 12.1. The van der Waals surface area contributed by atoms with Crippen molar-refractivity contribution in [1.82, 2.24) is 4.98 Å². The monoisotopic (exact) mass is 363 g/mol. The fourth-order valence-corrected chi connectivity index (χ4v) is 4.35. The van der Waals surface area contributed by atoms with Crippen LogP contribution in [0.1, 0.15) is 11.8 Å². The number of sulfonamides is 1. The number of rotatable bonds is 5. The summed E-state index contributed by atoms with van der Waals surface area (Å²) in [6.07, 6.45) is 1.55. The lowest BCUT2D eigenvalue weighted by atomic mass is 10.3. The van der Waals surface area contributed by atoms with Crippen molar-refractivity contribution in [1.29, 1.82) is 0 Å². The third kappa shape index (κ3) is 3.84. The lowest BCUT2D eigenvalue weighted by Gasteiger charge is -2.05. The first-order valence-corrected chi connectivity index (χ1v) is 9.90. The third-order valence-corrected chi connectivity index (χ3v) is 6.13. The Morgan fingerprint density at radius 1 is 1.13 bits per heavy atom. The number of hydrogen-bond acceptors (Lipinski definition) is 6. The van der Waals surface area contributed by atoms with Gasteiger partial charge in [-0.3, -0.25) is 9.71 Å². The van der Waals surface area contributed by atoms with Crippen molar-refractivity contribution in [3.8, 4) is 0 Å². The molecule has 0 aliphatic heterocycles. The third-order valence-electron chi connectivity index (χ3n) is 2.98. The number of aliphatic imine (C=N–C) groups is 1. The van der Waals surface area contributed by atoms with Crippen LogP contribution in [-0.4, -0.2) is 19.1 Å². The molecule has 23 heavy (non-hydrogen) atoms. The summed E-state index contributed by atoms with van der Waals surface area (Å²) < 4.78 is 26.9. The molecule has 0 saturated carbocycles. The molecule has 0 unspecified atom stereocenters. The highest BCUT2D eigenvalue weighted by Crippen LogP contribution is 2.22. The number of thiophene rings is 1. The number of hydrogen-bond donors (Lipinski definition) is 1. The minimum atomic E-state index is -3.62.